The van der Waals surface area contributed by atoms with Crippen molar-refractivity contribution >= 4 is 5.69 Å². The highest BCUT2D eigenvalue weighted by molar-refractivity contribution is 5.42. The second-order valence-corrected chi connectivity index (χ2v) is 4.91. The van der Waals surface area contributed by atoms with E-state index in [0.717, 1.165) is 10.2 Å². The van der Waals surface area contributed by atoms with Crippen LogP contribution in [-0.4, -0.2) is 39.8 Å². The van der Waals surface area contributed by atoms with E-state index in [1.165, 1.54) is 6.07 Å². The molecule has 1 aromatic heterocycles. The molecule has 0 saturated heterocycles. The lowest BCUT2D eigenvalue weighted by molar-refractivity contribution is 0.0770. The van der Waals surface area contributed by atoms with Gasteiger partial charge in [0.05, 0.1) is 31.1 Å². The molecule has 1 atom stereocenters. The van der Waals surface area contributed by atoms with E-state index >= 15 is 0 Å². The summed E-state index contributed by atoms with van der Waals surface area (Å²) in [5, 5.41) is 22.2. The van der Waals surface area contributed by atoms with Crippen LogP contribution in [0.1, 0.15) is 5.56 Å². The van der Waals surface area contributed by atoms with Gasteiger partial charge in [0.2, 0.25) is 0 Å². The van der Waals surface area contributed by atoms with E-state index in [4.69, 9.17) is 5.11 Å². The normalized spacial score (nSPS) is 12.1. The first-order valence-corrected chi connectivity index (χ1v) is 6.71. The van der Waals surface area contributed by atoms with Crippen molar-refractivity contribution in [2.24, 2.45) is 0 Å². The van der Waals surface area contributed by atoms with Crippen LogP contribution in [0.5, 0.6) is 0 Å². The van der Waals surface area contributed by atoms with Crippen LogP contribution in [0.15, 0.2) is 47.4 Å². The van der Waals surface area contributed by atoms with Gasteiger partial charge in [0.1, 0.15) is 0 Å². The minimum absolute atomic E-state index is 0.0159. The van der Waals surface area contributed by atoms with E-state index in [-0.39, 0.29) is 12.1 Å². The first kappa shape index (κ1) is 15.2. The second kappa shape index (κ2) is 7.01. The molecule has 6 heteroatoms. The zero-order valence-corrected chi connectivity index (χ0v) is 11.9. The number of hydrogen-bond donors (Lipinski definition) is 2. The molecule has 1 heterocycles. The summed E-state index contributed by atoms with van der Waals surface area (Å²) in [5.41, 5.74) is 1.54. The summed E-state index contributed by atoms with van der Waals surface area (Å²) in [4.78, 5) is 13.9. The van der Waals surface area contributed by atoms with Crippen LogP contribution in [0, 0.1) is 0 Å². The minimum atomic E-state index is -0.983. The Morgan fingerprint density at radius 2 is 2.05 bits per heavy atom. The molecule has 2 N–H and O–H groups in total. The third-order valence-electron chi connectivity index (χ3n) is 3.15. The van der Waals surface area contributed by atoms with Gasteiger partial charge in [-0.05, 0) is 5.56 Å². The summed E-state index contributed by atoms with van der Waals surface area (Å²) in [6.45, 7) is 0.257. The van der Waals surface area contributed by atoms with Crippen molar-refractivity contribution in [3.63, 3.8) is 0 Å². The molecule has 1 unspecified atom stereocenters. The van der Waals surface area contributed by atoms with E-state index in [9.17, 15) is 9.90 Å². The molecule has 2 aromatic rings. The summed E-state index contributed by atoms with van der Waals surface area (Å²) in [7, 11) is 1.89. The van der Waals surface area contributed by atoms with E-state index in [0.29, 0.717) is 12.2 Å². The smallest absolute Gasteiger partial charge is 0.268 e. The maximum Gasteiger partial charge on any atom is 0.268 e. The zero-order chi connectivity index (χ0) is 15.2. The maximum atomic E-state index is 11.9. The van der Waals surface area contributed by atoms with Gasteiger partial charge in [-0.2, -0.15) is 5.10 Å². The number of aliphatic hydroxyl groups is 2. The van der Waals surface area contributed by atoms with Gasteiger partial charge in [-0.1, -0.05) is 30.3 Å². The van der Waals surface area contributed by atoms with Gasteiger partial charge < -0.3 is 15.1 Å². The standard InChI is InChI=1S/C15H19N3O3/c1-17(9-12-5-3-2-4-6-12)13-7-15(21)18(16-8-13)10-14(20)11-19/h2-8,14,19-20H,9-11H2,1H3. The molecule has 0 amide bonds. The van der Waals surface area contributed by atoms with Gasteiger partial charge >= 0.3 is 0 Å². The highest BCUT2D eigenvalue weighted by Gasteiger charge is 2.08. The summed E-state index contributed by atoms with van der Waals surface area (Å²) >= 11 is 0. The number of anilines is 1. The van der Waals surface area contributed by atoms with Crippen molar-refractivity contribution in [3.05, 3.63) is 58.5 Å². The fourth-order valence-corrected chi connectivity index (χ4v) is 1.98. The molecule has 0 saturated carbocycles. The topological polar surface area (TPSA) is 78.6 Å². The fourth-order valence-electron chi connectivity index (χ4n) is 1.98. The van der Waals surface area contributed by atoms with Crippen LogP contribution in [0.3, 0.4) is 0 Å². The number of benzene rings is 1. The van der Waals surface area contributed by atoms with Crippen molar-refractivity contribution < 1.29 is 10.2 Å². The monoisotopic (exact) mass is 289 g/mol. The van der Waals surface area contributed by atoms with E-state index < -0.39 is 12.7 Å². The third kappa shape index (κ3) is 4.14. The van der Waals surface area contributed by atoms with Crippen LogP contribution in [0.2, 0.25) is 0 Å². The number of rotatable bonds is 6. The highest BCUT2D eigenvalue weighted by Crippen LogP contribution is 2.11. The van der Waals surface area contributed by atoms with Crippen LogP contribution < -0.4 is 10.5 Å². The average Bonchev–Trinajstić information content (AvgIpc) is 2.50. The fraction of sp³-hybridized carbons (Fsp3) is 0.333. The van der Waals surface area contributed by atoms with Gasteiger partial charge in [-0.3, -0.25) is 4.79 Å². The van der Waals surface area contributed by atoms with Gasteiger partial charge in [0.25, 0.3) is 5.56 Å². The van der Waals surface area contributed by atoms with Crippen LogP contribution in [0.4, 0.5) is 5.69 Å². The predicted molar refractivity (Wildman–Crippen MR) is 80.1 cm³/mol. The van der Waals surface area contributed by atoms with Gasteiger partial charge in [-0.15, -0.1) is 0 Å². The Morgan fingerprint density at radius 3 is 2.67 bits per heavy atom. The lowest BCUT2D eigenvalue weighted by Gasteiger charge is -2.19. The predicted octanol–water partition coefficient (Wildman–Crippen LogP) is 0.233. The summed E-state index contributed by atoms with van der Waals surface area (Å²) in [6.07, 6.45) is 0.595. The van der Waals surface area contributed by atoms with Crippen molar-refractivity contribution in [3.8, 4) is 0 Å². The molecule has 0 aliphatic heterocycles. The van der Waals surface area contributed by atoms with Crippen molar-refractivity contribution in [1.82, 2.24) is 9.78 Å². The molecule has 21 heavy (non-hydrogen) atoms. The van der Waals surface area contributed by atoms with E-state index in [2.05, 4.69) is 5.10 Å². The number of aromatic nitrogens is 2. The molecule has 0 fully saturated rings. The largest absolute Gasteiger partial charge is 0.394 e. The molecule has 6 nitrogen and oxygen atoms in total. The second-order valence-electron chi connectivity index (χ2n) is 4.91. The first-order chi connectivity index (χ1) is 10.1. The average molecular weight is 289 g/mol. The molecule has 2 rings (SSSR count). The molecule has 0 bridgehead atoms. The quantitative estimate of drug-likeness (QED) is 0.796. The molecular weight excluding hydrogens is 270 g/mol. The third-order valence-corrected chi connectivity index (χ3v) is 3.15. The number of hydrogen-bond acceptors (Lipinski definition) is 5. The lowest BCUT2D eigenvalue weighted by Crippen LogP contribution is -2.31. The molecule has 1 aromatic carbocycles. The Balaban J connectivity index is 2.10. The Bertz CT molecular complexity index is 628. The van der Waals surface area contributed by atoms with Gasteiger partial charge in [0, 0.05) is 19.7 Å². The summed E-state index contributed by atoms with van der Waals surface area (Å²) in [6, 6.07) is 11.4. The van der Waals surface area contributed by atoms with Crippen molar-refractivity contribution in [1.29, 1.82) is 0 Å². The molecule has 0 aliphatic rings. The first-order valence-electron chi connectivity index (χ1n) is 6.71. The van der Waals surface area contributed by atoms with Crippen LogP contribution in [0.25, 0.3) is 0 Å². The van der Waals surface area contributed by atoms with Crippen molar-refractivity contribution in [2.45, 2.75) is 19.2 Å². The van der Waals surface area contributed by atoms with Gasteiger partial charge in [-0.25, -0.2) is 4.68 Å². The van der Waals surface area contributed by atoms with Crippen molar-refractivity contribution in [2.75, 3.05) is 18.6 Å². The lowest BCUT2D eigenvalue weighted by atomic mass is 10.2. The molecule has 0 spiro atoms. The summed E-state index contributed by atoms with van der Waals surface area (Å²) < 4.78 is 1.14. The molecule has 0 radical (unpaired) electrons. The van der Waals surface area contributed by atoms with Gasteiger partial charge in [0.15, 0.2) is 0 Å². The molecular formula is C15H19N3O3. The zero-order valence-electron chi connectivity index (χ0n) is 11.9. The minimum Gasteiger partial charge on any atom is -0.394 e. The maximum absolute atomic E-state index is 11.9. The van der Waals surface area contributed by atoms with Crippen LogP contribution >= 0.6 is 0 Å². The number of nitrogens with zero attached hydrogens (tertiary/aromatic N) is 3. The Kier molecular flexibility index (Phi) is 5.08. The number of aliphatic hydroxyl groups excluding tert-OH is 2. The Hall–Kier alpha value is -2.18. The highest BCUT2D eigenvalue weighted by atomic mass is 16.3. The van der Waals surface area contributed by atoms with E-state index in [1.54, 1.807) is 6.20 Å². The Morgan fingerprint density at radius 1 is 1.33 bits per heavy atom. The summed E-state index contributed by atoms with van der Waals surface area (Å²) in [5.74, 6) is 0. The van der Waals surface area contributed by atoms with Crippen LogP contribution in [-0.2, 0) is 13.1 Å². The molecule has 0 aliphatic carbocycles. The van der Waals surface area contributed by atoms with E-state index in [1.807, 2.05) is 42.3 Å². The molecule has 112 valence electrons. The Labute approximate surface area is 122 Å². The SMILES string of the molecule is CN(Cc1ccccc1)c1cnn(CC(O)CO)c(=O)c1.